The topological polar surface area (TPSA) is 61.1 Å². The van der Waals surface area contributed by atoms with E-state index in [4.69, 9.17) is 0 Å². The SMILES string of the molecule is CS(=O)(=O)CCn1ccn(C2CC2)c1=O. The average Bonchev–Trinajstić information content (AvgIpc) is 2.88. The Hall–Kier alpha value is -1.04. The molecule has 1 saturated carbocycles. The predicted octanol–water partition coefficient (Wildman–Crippen LogP) is 0.0293. The Balaban J connectivity index is 2.12. The molecule has 2 rings (SSSR count). The van der Waals surface area contributed by atoms with Crippen molar-refractivity contribution in [3.05, 3.63) is 22.9 Å². The van der Waals surface area contributed by atoms with Gasteiger partial charge in [-0.05, 0) is 12.8 Å². The third-order valence-electron chi connectivity index (χ3n) is 2.52. The van der Waals surface area contributed by atoms with E-state index in [1.165, 1.54) is 10.8 Å². The molecule has 0 unspecified atom stereocenters. The number of hydrogen-bond acceptors (Lipinski definition) is 3. The monoisotopic (exact) mass is 230 g/mol. The van der Waals surface area contributed by atoms with Crippen LogP contribution in [0.2, 0.25) is 0 Å². The van der Waals surface area contributed by atoms with E-state index in [2.05, 4.69) is 0 Å². The molecule has 1 aliphatic carbocycles. The van der Waals surface area contributed by atoms with Gasteiger partial charge in [0.1, 0.15) is 9.84 Å². The van der Waals surface area contributed by atoms with Crippen LogP contribution in [0.4, 0.5) is 0 Å². The van der Waals surface area contributed by atoms with Crippen molar-refractivity contribution in [2.75, 3.05) is 12.0 Å². The van der Waals surface area contributed by atoms with Crippen LogP contribution in [0.3, 0.4) is 0 Å². The second kappa shape index (κ2) is 3.52. The summed E-state index contributed by atoms with van der Waals surface area (Å²) in [5.41, 5.74) is -0.0962. The van der Waals surface area contributed by atoms with Crippen LogP contribution in [0.15, 0.2) is 17.2 Å². The highest BCUT2D eigenvalue weighted by molar-refractivity contribution is 7.90. The lowest BCUT2D eigenvalue weighted by Gasteiger charge is -1.99. The zero-order valence-electron chi connectivity index (χ0n) is 8.59. The summed E-state index contributed by atoms with van der Waals surface area (Å²) in [6, 6.07) is 0.344. The average molecular weight is 230 g/mol. The Bertz CT molecular complexity index is 508. The van der Waals surface area contributed by atoms with Gasteiger partial charge in [-0.1, -0.05) is 0 Å². The van der Waals surface area contributed by atoms with Crippen molar-refractivity contribution < 1.29 is 8.42 Å². The molecule has 0 atom stereocenters. The molecule has 6 heteroatoms. The molecule has 1 fully saturated rings. The van der Waals surface area contributed by atoms with E-state index in [0.29, 0.717) is 6.04 Å². The number of aromatic nitrogens is 2. The lowest BCUT2D eigenvalue weighted by molar-refractivity contribution is 0.589. The molecule has 0 amide bonds. The zero-order chi connectivity index (χ0) is 11.1. The second-order valence-corrected chi connectivity index (χ2v) is 6.30. The largest absolute Gasteiger partial charge is 0.328 e. The Morgan fingerprint density at radius 3 is 2.60 bits per heavy atom. The number of nitrogens with zero attached hydrogens (tertiary/aromatic N) is 2. The normalized spacial score (nSPS) is 16.9. The first kappa shape index (κ1) is 10.5. The third kappa shape index (κ3) is 2.50. The van der Waals surface area contributed by atoms with E-state index < -0.39 is 9.84 Å². The standard InChI is InChI=1S/C9H14N2O3S/c1-15(13,14)7-6-10-4-5-11(9(10)12)8-2-3-8/h4-5,8H,2-3,6-7H2,1H3. The molecule has 15 heavy (non-hydrogen) atoms. The van der Waals surface area contributed by atoms with E-state index in [9.17, 15) is 13.2 Å². The minimum absolute atomic E-state index is 0.0155. The molecule has 0 bridgehead atoms. The van der Waals surface area contributed by atoms with Crippen LogP contribution in [-0.4, -0.2) is 29.6 Å². The van der Waals surface area contributed by atoms with Gasteiger partial charge in [-0.2, -0.15) is 0 Å². The molecular weight excluding hydrogens is 216 g/mol. The van der Waals surface area contributed by atoms with E-state index in [1.54, 1.807) is 17.0 Å². The molecule has 84 valence electrons. The lowest BCUT2D eigenvalue weighted by atomic mass is 10.7. The van der Waals surface area contributed by atoms with E-state index in [-0.39, 0.29) is 18.0 Å². The molecular formula is C9H14N2O3S. The molecule has 5 nitrogen and oxygen atoms in total. The summed E-state index contributed by atoms with van der Waals surface area (Å²) in [7, 11) is -3.00. The fraction of sp³-hybridized carbons (Fsp3) is 0.667. The van der Waals surface area contributed by atoms with Crippen LogP contribution in [0.25, 0.3) is 0 Å². The fourth-order valence-corrected chi connectivity index (χ4v) is 2.02. The van der Waals surface area contributed by atoms with Gasteiger partial charge in [0.15, 0.2) is 0 Å². The molecule has 0 aliphatic heterocycles. The Morgan fingerprint density at radius 1 is 1.40 bits per heavy atom. The van der Waals surface area contributed by atoms with Gasteiger partial charge in [0.25, 0.3) is 0 Å². The number of sulfone groups is 1. The fourth-order valence-electron chi connectivity index (χ4n) is 1.49. The lowest BCUT2D eigenvalue weighted by Crippen LogP contribution is -2.25. The maximum absolute atomic E-state index is 11.7. The quantitative estimate of drug-likeness (QED) is 0.733. The van der Waals surface area contributed by atoms with Crippen molar-refractivity contribution in [3.8, 4) is 0 Å². The van der Waals surface area contributed by atoms with Gasteiger partial charge in [0, 0.05) is 31.2 Å². The van der Waals surface area contributed by atoms with Crippen LogP contribution in [-0.2, 0) is 16.4 Å². The summed E-state index contributed by atoms with van der Waals surface area (Å²) < 4.78 is 25.0. The first-order valence-corrected chi connectivity index (χ1v) is 6.98. The van der Waals surface area contributed by atoms with E-state index in [0.717, 1.165) is 12.8 Å². The van der Waals surface area contributed by atoms with E-state index >= 15 is 0 Å². The van der Waals surface area contributed by atoms with Crippen molar-refractivity contribution in [2.24, 2.45) is 0 Å². The predicted molar refractivity (Wildman–Crippen MR) is 56.7 cm³/mol. The van der Waals surface area contributed by atoms with Gasteiger partial charge in [0.2, 0.25) is 0 Å². The van der Waals surface area contributed by atoms with Gasteiger partial charge >= 0.3 is 5.69 Å². The Kier molecular flexibility index (Phi) is 2.46. The van der Waals surface area contributed by atoms with Crippen LogP contribution in [0.1, 0.15) is 18.9 Å². The van der Waals surface area contributed by atoms with Gasteiger partial charge in [-0.3, -0.25) is 9.13 Å². The number of imidazole rings is 1. The minimum Gasteiger partial charge on any atom is -0.298 e. The number of hydrogen-bond donors (Lipinski definition) is 0. The maximum atomic E-state index is 11.7. The number of rotatable bonds is 4. The van der Waals surface area contributed by atoms with E-state index in [1.807, 2.05) is 0 Å². The van der Waals surface area contributed by atoms with Crippen molar-refractivity contribution in [1.82, 2.24) is 9.13 Å². The molecule has 1 aliphatic rings. The van der Waals surface area contributed by atoms with Gasteiger partial charge in [-0.15, -0.1) is 0 Å². The minimum atomic E-state index is -3.00. The van der Waals surface area contributed by atoms with Crippen LogP contribution in [0.5, 0.6) is 0 Å². The van der Waals surface area contributed by atoms with Crippen molar-refractivity contribution in [2.45, 2.75) is 25.4 Å². The van der Waals surface area contributed by atoms with Gasteiger partial charge in [0.05, 0.1) is 5.75 Å². The first-order valence-electron chi connectivity index (χ1n) is 4.92. The molecule has 0 aromatic carbocycles. The van der Waals surface area contributed by atoms with Crippen molar-refractivity contribution in [3.63, 3.8) is 0 Å². The summed E-state index contributed by atoms with van der Waals surface area (Å²) >= 11 is 0. The summed E-state index contributed by atoms with van der Waals surface area (Å²) in [6.45, 7) is 0.247. The Labute approximate surface area is 88.3 Å². The van der Waals surface area contributed by atoms with Crippen LogP contribution < -0.4 is 5.69 Å². The molecule has 0 saturated heterocycles. The third-order valence-corrected chi connectivity index (χ3v) is 3.44. The van der Waals surface area contributed by atoms with Crippen LogP contribution in [0, 0.1) is 0 Å². The molecule has 0 radical (unpaired) electrons. The highest BCUT2D eigenvalue weighted by atomic mass is 32.2. The number of aryl methyl sites for hydroxylation is 1. The summed E-state index contributed by atoms with van der Waals surface area (Å²) in [5, 5.41) is 0. The summed E-state index contributed by atoms with van der Waals surface area (Å²) in [4.78, 5) is 11.7. The smallest absolute Gasteiger partial charge is 0.298 e. The molecule has 1 aromatic rings. The van der Waals surface area contributed by atoms with Crippen LogP contribution >= 0.6 is 0 Å². The van der Waals surface area contributed by atoms with Gasteiger partial charge in [-0.25, -0.2) is 13.2 Å². The maximum Gasteiger partial charge on any atom is 0.328 e. The summed E-state index contributed by atoms with van der Waals surface area (Å²) in [5.74, 6) is 0.0155. The molecule has 1 aromatic heterocycles. The molecule has 0 N–H and O–H groups in total. The summed E-state index contributed by atoms with van der Waals surface area (Å²) in [6.07, 6.45) is 6.68. The zero-order valence-corrected chi connectivity index (χ0v) is 9.40. The molecule has 1 heterocycles. The van der Waals surface area contributed by atoms with Crippen molar-refractivity contribution in [1.29, 1.82) is 0 Å². The highest BCUT2D eigenvalue weighted by Gasteiger charge is 2.25. The first-order chi connectivity index (χ1) is 6.97. The second-order valence-electron chi connectivity index (χ2n) is 4.04. The van der Waals surface area contributed by atoms with Gasteiger partial charge < -0.3 is 0 Å². The highest BCUT2D eigenvalue weighted by Crippen LogP contribution is 2.33. The molecule has 0 spiro atoms. The Morgan fingerprint density at radius 2 is 2.07 bits per heavy atom. The van der Waals surface area contributed by atoms with Crippen molar-refractivity contribution >= 4 is 9.84 Å².